The van der Waals surface area contributed by atoms with Crippen LogP contribution < -0.4 is 0 Å². The van der Waals surface area contributed by atoms with E-state index in [0.717, 1.165) is 0 Å². The summed E-state index contributed by atoms with van der Waals surface area (Å²) in [6.45, 7) is 0. The summed E-state index contributed by atoms with van der Waals surface area (Å²) in [7, 11) is 0. The highest BCUT2D eigenvalue weighted by molar-refractivity contribution is 6.46. The van der Waals surface area contributed by atoms with Crippen molar-refractivity contribution in [1.29, 1.82) is 0 Å². The van der Waals surface area contributed by atoms with Crippen molar-refractivity contribution in [3.63, 3.8) is 0 Å². The van der Waals surface area contributed by atoms with Gasteiger partial charge in [-0.25, -0.2) is 0 Å². The van der Waals surface area contributed by atoms with Crippen molar-refractivity contribution in [2.45, 2.75) is 0 Å². The topological polar surface area (TPSA) is 0 Å². The fourth-order valence-electron chi connectivity index (χ4n) is 16.4. The molecule has 0 amide bonds. The van der Waals surface area contributed by atoms with Crippen molar-refractivity contribution in [2.75, 3.05) is 0 Å². The molecule has 0 heteroatoms. The molecule has 350 valence electrons. The maximum Gasteiger partial charge on any atom is -0.00139 e. The van der Waals surface area contributed by atoms with Gasteiger partial charge in [0, 0.05) is 0 Å². The largest absolute Gasteiger partial charge is 0.0616 e. The fourth-order valence-corrected chi connectivity index (χ4v) is 16.4. The van der Waals surface area contributed by atoms with Gasteiger partial charge in [0.25, 0.3) is 0 Å². The molecule has 0 saturated heterocycles. The summed E-state index contributed by atoms with van der Waals surface area (Å²) in [5.41, 5.74) is 10.9. The third-order valence-corrected chi connectivity index (χ3v) is 19.5. The smallest absolute Gasteiger partial charge is 0.00139 e. The quantitative estimate of drug-likeness (QED) is 0.105. The van der Waals surface area contributed by atoms with Crippen molar-refractivity contribution in [1.82, 2.24) is 0 Å². The predicted molar refractivity (Wildman–Crippen MR) is 338 cm³/mol. The van der Waals surface area contributed by atoms with Crippen LogP contribution in [0.5, 0.6) is 0 Å². The van der Waals surface area contributed by atoms with Gasteiger partial charge < -0.3 is 0 Å². The molecular weight excluding hydrogens is 937 g/mol. The standard InChI is InChI=1S/C42H20.C36H18/c1-2-8-23-22(7-1)26-11-13-28-30-15-17-32-36-19-34-24-9-3-5-21-6-4-10-25(38(21)24)35(34)20-37(36)33-18-16-31(41(30)42(32)33)29-14-12-27(23)39(26)40(28)29;1-2-6-21-16-29-25-12-14-27-33-18-31-23-10-4-8-19-7-3-9-22(34(19)23)30(31)17-32(33)26-13-11-24(35(25)36(26)27)28(29)15-20(21)5-1/h1-20H;1-18H. The summed E-state index contributed by atoms with van der Waals surface area (Å²) < 4.78 is 0. The Morgan fingerprint density at radius 3 is 0.692 bits per heavy atom. The van der Waals surface area contributed by atoms with Crippen molar-refractivity contribution < 1.29 is 0 Å². The Bertz CT molecular complexity index is 5800. The van der Waals surface area contributed by atoms with Crippen molar-refractivity contribution in [3.05, 3.63) is 231 Å². The molecule has 0 fully saturated rings. The van der Waals surface area contributed by atoms with E-state index in [4.69, 9.17) is 0 Å². The van der Waals surface area contributed by atoms with E-state index in [0.29, 0.717) is 0 Å². The summed E-state index contributed by atoms with van der Waals surface area (Å²) in [5, 5.41) is 44.0. The molecular formula is C78H38. The molecule has 0 atom stereocenters. The first-order chi connectivity index (χ1) is 38.7. The van der Waals surface area contributed by atoms with Crippen LogP contribution in [0.15, 0.2) is 231 Å². The SMILES string of the molecule is c1ccc2c(c1)-c1ccc3c4ccc5c6cc7c(cc6c6ccc(c8ccc-2c1c38)c4c56)c1cccc2cccc7c21.c1ccc2cc3c(cc2c1)-c1ccc2c4cc5c(cc4c4ccc-3c1c24)c1cccc2cccc5c21. The summed E-state index contributed by atoms with van der Waals surface area (Å²) in [6, 6.07) is 87.7. The van der Waals surface area contributed by atoms with Crippen LogP contribution in [0.2, 0.25) is 0 Å². The molecule has 0 spiro atoms. The molecule has 0 unspecified atom stereocenters. The molecule has 0 heterocycles. The lowest BCUT2D eigenvalue weighted by molar-refractivity contribution is 1.70. The minimum atomic E-state index is 1.31. The number of hydrogen-bond donors (Lipinski definition) is 0. The van der Waals surface area contributed by atoms with E-state index in [-0.39, 0.29) is 0 Å². The van der Waals surface area contributed by atoms with Gasteiger partial charge in [0.15, 0.2) is 0 Å². The van der Waals surface area contributed by atoms with Crippen LogP contribution in [-0.2, 0) is 0 Å². The Morgan fingerprint density at radius 1 is 0.115 bits per heavy atom. The zero-order valence-electron chi connectivity index (χ0n) is 41.9. The summed E-state index contributed by atoms with van der Waals surface area (Å²) in [6.07, 6.45) is 0. The molecule has 0 radical (unpaired) electrons. The maximum absolute atomic E-state index is 2.48. The second-order valence-corrected chi connectivity index (χ2v) is 22.8. The van der Waals surface area contributed by atoms with Crippen LogP contribution in [-0.4, -0.2) is 0 Å². The van der Waals surface area contributed by atoms with E-state index >= 15 is 0 Å². The molecule has 0 saturated carbocycles. The average Bonchev–Trinajstić information content (AvgIpc) is 4.48. The monoisotopic (exact) mass is 974 g/mol. The van der Waals surface area contributed by atoms with Gasteiger partial charge in [0.1, 0.15) is 0 Å². The van der Waals surface area contributed by atoms with Gasteiger partial charge in [-0.2, -0.15) is 0 Å². The lowest BCUT2D eigenvalue weighted by Crippen LogP contribution is -1.87. The third kappa shape index (κ3) is 4.44. The number of fused-ring (bicyclic) bond motifs is 21. The highest BCUT2D eigenvalue weighted by Gasteiger charge is 2.29. The van der Waals surface area contributed by atoms with Crippen LogP contribution in [0, 0.1) is 0 Å². The van der Waals surface area contributed by atoms with E-state index in [1.54, 1.807) is 0 Å². The van der Waals surface area contributed by atoms with Gasteiger partial charge in [-0.15, -0.1) is 0 Å². The molecule has 0 nitrogen and oxygen atoms in total. The first kappa shape index (κ1) is 39.3. The third-order valence-electron chi connectivity index (χ3n) is 19.5. The second-order valence-electron chi connectivity index (χ2n) is 22.8. The van der Waals surface area contributed by atoms with E-state index in [1.807, 2.05) is 0 Å². The van der Waals surface area contributed by atoms with Crippen LogP contribution >= 0.6 is 0 Å². The Morgan fingerprint density at radius 2 is 0.359 bits per heavy atom. The normalized spacial score (nSPS) is 13.1. The molecule has 2 aliphatic rings. The Hall–Kier alpha value is -10.1. The van der Waals surface area contributed by atoms with Crippen molar-refractivity contribution >= 4 is 172 Å². The van der Waals surface area contributed by atoms with Crippen LogP contribution in [0.4, 0.5) is 0 Å². The first-order valence-electron chi connectivity index (χ1n) is 27.6. The van der Waals surface area contributed by atoms with Gasteiger partial charge >= 0.3 is 0 Å². The van der Waals surface area contributed by atoms with E-state index in [2.05, 4.69) is 231 Å². The van der Waals surface area contributed by atoms with E-state index in [1.165, 1.54) is 217 Å². The second kappa shape index (κ2) is 13.3. The van der Waals surface area contributed by atoms with Gasteiger partial charge in [0.05, 0.1) is 0 Å². The molecule has 0 aliphatic heterocycles. The summed E-state index contributed by atoms with van der Waals surface area (Å²) >= 11 is 0. The predicted octanol–water partition coefficient (Wildman–Crippen LogP) is 22.3. The van der Waals surface area contributed by atoms with Crippen LogP contribution in [0.25, 0.3) is 217 Å². The van der Waals surface area contributed by atoms with Crippen LogP contribution in [0.1, 0.15) is 0 Å². The highest BCUT2D eigenvalue weighted by Crippen LogP contribution is 2.56. The Labute approximate surface area is 444 Å². The molecule has 20 aromatic carbocycles. The summed E-state index contributed by atoms with van der Waals surface area (Å²) in [5.74, 6) is 0. The molecule has 0 N–H and O–H groups in total. The number of rotatable bonds is 0. The Kier molecular flexibility index (Phi) is 6.68. The lowest BCUT2D eigenvalue weighted by atomic mass is 9.87. The zero-order chi connectivity index (χ0) is 50.0. The summed E-state index contributed by atoms with van der Waals surface area (Å²) in [4.78, 5) is 0. The fraction of sp³-hybridized carbons (Fsp3) is 0. The van der Waals surface area contributed by atoms with Gasteiger partial charge in [0.2, 0.25) is 0 Å². The van der Waals surface area contributed by atoms with Gasteiger partial charge in [-0.05, 0) is 253 Å². The first-order valence-corrected chi connectivity index (χ1v) is 27.6. The van der Waals surface area contributed by atoms with Gasteiger partial charge in [-0.1, -0.05) is 194 Å². The van der Waals surface area contributed by atoms with Crippen molar-refractivity contribution in [3.8, 4) is 44.5 Å². The van der Waals surface area contributed by atoms with Crippen molar-refractivity contribution in [2.24, 2.45) is 0 Å². The van der Waals surface area contributed by atoms with Crippen LogP contribution in [0.3, 0.4) is 0 Å². The molecule has 78 heavy (non-hydrogen) atoms. The van der Waals surface area contributed by atoms with E-state index < -0.39 is 0 Å². The number of benzene rings is 16. The van der Waals surface area contributed by atoms with Gasteiger partial charge in [-0.3, -0.25) is 0 Å². The Balaban J connectivity index is 0.000000113. The number of hydrogen-bond acceptors (Lipinski definition) is 0. The minimum absolute atomic E-state index is 1.31. The molecule has 20 aromatic rings. The highest BCUT2D eigenvalue weighted by atomic mass is 14.3. The lowest BCUT2D eigenvalue weighted by Gasteiger charge is -2.16. The minimum Gasteiger partial charge on any atom is -0.0616 e. The molecule has 22 rings (SSSR count). The van der Waals surface area contributed by atoms with E-state index in [9.17, 15) is 0 Å². The maximum atomic E-state index is 2.48. The average molecular weight is 975 g/mol. The molecule has 2 aliphatic carbocycles. The molecule has 0 aromatic heterocycles. The molecule has 0 bridgehead atoms. The zero-order valence-corrected chi connectivity index (χ0v) is 41.9.